The lowest BCUT2D eigenvalue weighted by Gasteiger charge is -2.09. The van der Waals surface area contributed by atoms with E-state index < -0.39 is 11.6 Å². The number of halogens is 4. The first kappa shape index (κ1) is 13.3. The molecular formula is C13H8BrClF2O. The van der Waals surface area contributed by atoms with Crippen LogP contribution in [0.3, 0.4) is 0 Å². The minimum atomic E-state index is -0.446. The van der Waals surface area contributed by atoms with Crippen LogP contribution in [0.1, 0.15) is 5.56 Å². The predicted octanol–water partition coefficient (Wildman–Crippen LogP) is 4.96. The molecule has 0 unspecified atom stereocenters. The monoisotopic (exact) mass is 332 g/mol. The summed E-state index contributed by atoms with van der Waals surface area (Å²) in [5, 5.41) is 0.283. The van der Waals surface area contributed by atoms with Crippen molar-refractivity contribution < 1.29 is 13.5 Å². The molecular weight excluding hydrogens is 325 g/mol. The summed E-state index contributed by atoms with van der Waals surface area (Å²) in [7, 11) is 0. The van der Waals surface area contributed by atoms with Gasteiger partial charge in [-0.3, -0.25) is 0 Å². The lowest BCUT2D eigenvalue weighted by atomic mass is 10.2. The highest BCUT2D eigenvalue weighted by Crippen LogP contribution is 2.24. The topological polar surface area (TPSA) is 9.23 Å². The van der Waals surface area contributed by atoms with Crippen molar-refractivity contribution >= 4 is 27.5 Å². The molecule has 94 valence electrons. The molecule has 2 rings (SSSR count). The molecule has 2 aromatic rings. The third-order valence-electron chi connectivity index (χ3n) is 2.28. The van der Waals surface area contributed by atoms with Gasteiger partial charge in [0.05, 0.1) is 5.02 Å². The molecule has 0 heterocycles. The van der Waals surface area contributed by atoms with Gasteiger partial charge in [-0.15, -0.1) is 0 Å². The highest BCUT2D eigenvalue weighted by atomic mass is 79.9. The first-order valence-corrected chi connectivity index (χ1v) is 6.25. The van der Waals surface area contributed by atoms with E-state index in [2.05, 4.69) is 15.9 Å². The molecule has 0 amide bonds. The van der Waals surface area contributed by atoms with Crippen LogP contribution in [-0.2, 0) is 6.61 Å². The maximum absolute atomic E-state index is 13.5. The standard InChI is InChI=1S/C13H8BrClF2O/c14-8-4-9(16)6-10(5-8)18-7-11-12(15)2-1-3-13(11)17/h1-6H,7H2. The highest BCUT2D eigenvalue weighted by molar-refractivity contribution is 9.10. The van der Waals surface area contributed by atoms with E-state index in [1.165, 1.54) is 24.3 Å². The minimum absolute atomic E-state index is 0.0542. The fourth-order valence-corrected chi connectivity index (χ4v) is 2.10. The Hall–Kier alpha value is -1.13. The zero-order chi connectivity index (χ0) is 13.1. The minimum Gasteiger partial charge on any atom is -0.489 e. The Kier molecular flexibility index (Phi) is 4.19. The maximum atomic E-state index is 13.5. The van der Waals surface area contributed by atoms with E-state index in [9.17, 15) is 8.78 Å². The fourth-order valence-electron chi connectivity index (χ4n) is 1.44. The molecule has 1 nitrogen and oxygen atoms in total. The number of ether oxygens (including phenoxy) is 1. The lowest BCUT2D eigenvalue weighted by molar-refractivity contribution is 0.298. The van der Waals surface area contributed by atoms with Crippen LogP contribution in [0.4, 0.5) is 8.78 Å². The van der Waals surface area contributed by atoms with Crippen LogP contribution < -0.4 is 4.74 Å². The molecule has 0 N–H and O–H groups in total. The third-order valence-corrected chi connectivity index (χ3v) is 3.09. The van der Waals surface area contributed by atoms with Crippen molar-refractivity contribution in [2.24, 2.45) is 0 Å². The van der Waals surface area contributed by atoms with Crippen LogP contribution in [0.25, 0.3) is 0 Å². The second-order valence-corrected chi connectivity index (χ2v) is 4.92. The van der Waals surface area contributed by atoms with Crippen LogP contribution >= 0.6 is 27.5 Å². The van der Waals surface area contributed by atoms with E-state index in [1.807, 2.05) is 0 Å². The summed E-state index contributed by atoms with van der Waals surface area (Å²) in [5.41, 5.74) is 0.250. The van der Waals surface area contributed by atoms with Gasteiger partial charge in [-0.25, -0.2) is 8.78 Å². The molecule has 0 aliphatic heterocycles. The summed E-state index contributed by atoms with van der Waals surface area (Å²) < 4.78 is 32.4. The van der Waals surface area contributed by atoms with Gasteiger partial charge in [-0.2, -0.15) is 0 Å². The van der Waals surface area contributed by atoms with E-state index in [1.54, 1.807) is 12.1 Å². The number of hydrogen-bond donors (Lipinski definition) is 0. The summed E-state index contributed by atoms with van der Waals surface area (Å²) in [4.78, 5) is 0. The molecule has 0 radical (unpaired) electrons. The first-order chi connectivity index (χ1) is 8.56. The van der Waals surface area contributed by atoms with Gasteiger partial charge in [-0.05, 0) is 24.3 Å². The Labute approximate surface area is 116 Å². The van der Waals surface area contributed by atoms with Crippen molar-refractivity contribution in [2.45, 2.75) is 6.61 Å². The van der Waals surface area contributed by atoms with Gasteiger partial charge >= 0.3 is 0 Å². The SMILES string of the molecule is Fc1cc(Br)cc(OCc2c(F)cccc2Cl)c1. The Bertz CT molecular complexity index is 534. The molecule has 0 spiro atoms. The summed E-state index contributed by atoms with van der Waals surface area (Å²) in [6.45, 7) is -0.0542. The quantitative estimate of drug-likeness (QED) is 0.771. The predicted molar refractivity (Wildman–Crippen MR) is 69.8 cm³/mol. The summed E-state index contributed by atoms with van der Waals surface area (Å²) in [6.07, 6.45) is 0. The summed E-state index contributed by atoms with van der Waals surface area (Å²) in [6, 6.07) is 8.51. The second-order valence-electron chi connectivity index (χ2n) is 3.59. The van der Waals surface area contributed by atoms with Gasteiger partial charge in [0.1, 0.15) is 24.0 Å². The normalized spacial score (nSPS) is 10.4. The third kappa shape index (κ3) is 3.21. The van der Waals surface area contributed by atoms with Crippen LogP contribution in [0, 0.1) is 11.6 Å². The number of hydrogen-bond acceptors (Lipinski definition) is 1. The van der Waals surface area contributed by atoms with Crippen LogP contribution in [0.15, 0.2) is 40.9 Å². The molecule has 2 aromatic carbocycles. The van der Waals surface area contributed by atoms with Crippen molar-refractivity contribution in [3.05, 3.63) is 63.1 Å². The summed E-state index contributed by atoms with van der Waals surface area (Å²) in [5.74, 6) is -0.571. The largest absolute Gasteiger partial charge is 0.489 e. The van der Waals surface area contributed by atoms with Crippen molar-refractivity contribution in [2.75, 3.05) is 0 Å². The van der Waals surface area contributed by atoms with Crippen molar-refractivity contribution in [1.82, 2.24) is 0 Å². The molecule has 0 fully saturated rings. The molecule has 18 heavy (non-hydrogen) atoms. The molecule has 0 aliphatic carbocycles. The lowest BCUT2D eigenvalue weighted by Crippen LogP contribution is -1.99. The fraction of sp³-hybridized carbons (Fsp3) is 0.0769. The second kappa shape index (κ2) is 5.67. The van der Waals surface area contributed by atoms with Crippen LogP contribution in [-0.4, -0.2) is 0 Å². The summed E-state index contributed by atoms with van der Waals surface area (Å²) >= 11 is 9.00. The van der Waals surface area contributed by atoms with Crippen molar-refractivity contribution in [3.8, 4) is 5.75 Å². The van der Waals surface area contributed by atoms with Gasteiger partial charge in [0, 0.05) is 16.1 Å². The number of benzene rings is 2. The van der Waals surface area contributed by atoms with E-state index >= 15 is 0 Å². The zero-order valence-corrected chi connectivity index (χ0v) is 11.4. The first-order valence-electron chi connectivity index (χ1n) is 5.08. The Balaban J connectivity index is 2.16. The number of rotatable bonds is 3. The molecule has 0 aliphatic rings. The molecule has 0 bridgehead atoms. The Morgan fingerprint density at radius 3 is 2.61 bits per heavy atom. The molecule has 0 aromatic heterocycles. The highest BCUT2D eigenvalue weighted by Gasteiger charge is 2.08. The van der Waals surface area contributed by atoms with E-state index in [4.69, 9.17) is 16.3 Å². The van der Waals surface area contributed by atoms with E-state index in [-0.39, 0.29) is 17.2 Å². The zero-order valence-electron chi connectivity index (χ0n) is 9.09. The average Bonchev–Trinajstić information content (AvgIpc) is 2.27. The molecule has 5 heteroatoms. The molecule has 0 saturated carbocycles. The van der Waals surface area contributed by atoms with Gasteiger partial charge in [0.25, 0.3) is 0 Å². The van der Waals surface area contributed by atoms with Crippen LogP contribution in [0.5, 0.6) is 5.75 Å². The Morgan fingerprint density at radius 1 is 1.17 bits per heavy atom. The smallest absolute Gasteiger partial charge is 0.131 e. The average molecular weight is 334 g/mol. The Morgan fingerprint density at radius 2 is 1.94 bits per heavy atom. The van der Waals surface area contributed by atoms with Gasteiger partial charge in [0.15, 0.2) is 0 Å². The maximum Gasteiger partial charge on any atom is 0.131 e. The van der Waals surface area contributed by atoms with Crippen LogP contribution in [0.2, 0.25) is 5.02 Å². The van der Waals surface area contributed by atoms with Crippen molar-refractivity contribution in [1.29, 1.82) is 0 Å². The van der Waals surface area contributed by atoms with E-state index in [0.717, 1.165) is 0 Å². The van der Waals surface area contributed by atoms with Crippen molar-refractivity contribution in [3.63, 3.8) is 0 Å². The van der Waals surface area contributed by atoms with Gasteiger partial charge in [-0.1, -0.05) is 33.6 Å². The molecule has 0 saturated heterocycles. The van der Waals surface area contributed by atoms with E-state index in [0.29, 0.717) is 10.2 Å². The van der Waals surface area contributed by atoms with Gasteiger partial charge < -0.3 is 4.74 Å². The molecule has 0 atom stereocenters. The van der Waals surface area contributed by atoms with Gasteiger partial charge in [0.2, 0.25) is 0 Å².